The SMILES string of the molecule is CCOC(CNc1nn2cc(C(C)(C)C)nc2s1)c1ccccc1. The van der Waals surface area contributed by atoms with Gasteiger partial charge in [-0.05, 0) is 12.5 Å². The zero-order chi connectivity index (χ0) is 17.2. The average Bonchev–Trinajstić information content (AvgIpc) is 3.10. The van der Waals surface area contributed by atoms with E-state index in [0.717, 1.165) is 15.8 Å². The first-order valence-corrected chi connectivity index (χ1v) is 9.06. The van der Waals surface area contributed by atoms with Gasteiger partial charge in [0.1, 0.15) is 0 Å². The zero-order valence-corrected chi connectivity index (χ0v) is 15.4. The van der Waals surface area contributed by atoms with Gasteiger partial charge in [0.25, 0.3) is 0 Å². The molecule has 0 aliphatic heterocycles. The van der Waals surface area contributed by atoms with Crippen LogP contribution in [0, 0.1) is 0 Å². The van der Waals surface area contributed by atoms with Gasteiger partial charge < -0.3 is 10.1 Å². The van der Waals surface area contributed by atoms with E-state index in [1.807, 2.05) is 35.8 Å². The third kappa shape index (κ3) is 3.76. The van der Waals surface area contributed by atoms with Crippen LogP contribution in [0.3, 0.4) is 0 Å². The highest BCUT2D eigenvalue weighted by Gasteiger charge is 2.19. The molecule has 24 heavy (non-hydrogen) atoms. The van der Waals surface area contributed by atoms with E-state index in [1.54, 1.807) is 11.3 Å². The summed E-state index contributed by atoms with van der Waals surface area (Å²) in [7, 11) is 0. The van der Waals surface area contributed by atoms with Crippen molar-refractivity contribution in [2.75, 3.05) is 18.5 Å². The van der Waals surface area contributed by atoms with Crippen LogP contribution in [0.5, 0.6) is 0 Å². The number of nitrogens with zero attached hydrogens (tertiary/aromatic N) is 3. The fourth-order valence-corrected chi connectivity index (χ4v) is 3.24. The minimum Gasteiger partial charge on any atom is -0.372 e. The third-order valence-corrected chi connectivity index (χ3v) is 4.67. The van der Waals surface area contributed by atoms with Gasteiger partial charge in [0, 0.05) is 18.6 Å². The summed E-state index contributed by atoms with van der Waals surface area (Å²) in [6, 6.07) is 10.3. The third-order valence-electron chi connectivity index (χ3n) is 3.79. The highest BCUT2D eigenvalue weighted by Crippen LogP contribution is 2.26. The van der Waals surface area contributed by atoms with E-state index in [0.29, 0.717) is 13.2 Å². The summed E-state index contributed by atoms with van der Waals surface area (Å²) in [6.45, 7) is 9.85. The molecule has 0 aliphatic carbocycles. The molecule has 0 saturated carbocycles. The maximum absolute atomic E-state index is 5.86. The lowest BCUT2D eigenvalue weighted by atomic mass is 9.93. The van der Waals surface area contributed by atoms with E-state index in [1.165, 1.54) is 5.56 Å². The van der Waals surface area contributed by atoms with Crippen LogP contribution in [0.1, 0.15) is 45.1 Å². The summed E-state index contributed by atoms with van der Waals surface area (Å²) in [6.07, 6.45) is 2.02. The lowest BCUT2D eigenvalue weighted by Crippen LogP contribution is -2.16. The van der Waals surface area contributed by atoms with Crippen molar-refractivity contribution in [1.29, 1.82) is 0 Å². The van der Waals surface area contributed by atoms with Crippen molar-refractivity contribution < 1.29 is 4.74 Å². The van der Waals surface area contributed by atoms with Gasteiger partial charge in [-0.15, -0.1) is 5.10 Å². The number of hydrogen-bond donors (Lipinski definition) is 1. The molecule has 3 rings (SSSR count). The summed E-state index contributed by atoms with van der Waals surface area (Å²) >= 11 is 1.56. The Labute approximate surface area is 146 Å². The smallest absolute Gasteiger partial charge is 0.214 e. The zero-order valence-electron chi connectivity index (χ0n) is 14.6. The van der Waals surface area contributed by atoms with E-state index in [-0.39, 0.29) is 11.5 Å². The van der Waals surface area contributed by atoms with Crippen molar-refractivity contribution >= 4 is 21.4 Å². The van der Waals surface area contributed by atoms with E-state index >= 15 is 0 Å². The molecular formula is C18H24N4OS. The number of ether oxygens (including phenoxy) is 1. The van der Waals surface area contributed by atoms with Gasteiger partial charge in [0.15, 0.2) is 0 Å². The molecule has 0 bridgehead atoms. The second-order valence-electron chi connectivity index (χ2n) is 6.75. The normalized spacial score (nSPS) is 13.3. The molecule has 5 nitrogen and oxygen atoms in total. The van der Waals surface area contributed by atoms with Crippen LogP contribution in [0.25, 0.3) is 4.96 Å². The van der Waals surface area contributed by atoms with Gasteiger partial charge in [-0.25, -0.2) is 9.50 Å². The molecule has 2 heterocycles. The molecule has 0 amide bonds. The molecular weight excluding hydrogens is 320 g/mol. The summed E-state index contributed by atoms with van der Waals surface area (Å²) < 4.78 is 7.71. The number of hydrogen-bond acceptors (Lipinski definition) is 5. The number of benzene rings is 1. The number of imidazole rings is 1. The van der Waals surface area contributed by atoms with Crippen LogP contribution >= 0.6 is 11.3 Å². The van der Waals surface area contributed by atoms with Crippen LogP contribution in [0.2, 0.25) is 0 Å². The molecule has 2 aromatic heterocycles. The van der Waals surface area contributed by atoms with E-state index in [2.05, 4.69) is 48.3 Å². The summed E-state index contributed by atoms with van der Waals surface area (Å²) in [4.78, 5) is 5.59. The Kier molecular flexibility index (Phi) is 4.87. The van der Waals surface area contributed by atoms with Gasteiger partial charge in [0.2, 0.25) is 10.1 Å². The van der Waals surface area contributed by atoms with Crippen LogP contribution in [0.4, 0.5) is 5.13 Å². The Balaban J connectivity index is 1.71. The van der Waals surface area contributed by atoms with Gasteiger partial charge in [0.05, 0.1) is 18.0 Å². The van der Waals surface area contributed by atoms with E-state index in [9.17, 15) is 0 Å². The predicted molar refractivity (Wildman–Crippen MR) is 98.9 cm³/mol. The number of rotatable bonds is 6. The Hall–Kier alpha value is -1.92. The van der Waals surface area contributed by atoms with Gasteiger partial charge >= 0.3 is 0 Å². The number of nitrogens with one attached hydrogen (secondary N) is 1. The quantitative estimate of drug-likeness (QED) is 0.725. The maximum Gasteiger partial charge on any atom is 0.214 e. The maximum atomic E-state index is 5.86. The second kappa shape index (κ2) is 6.91. The second-order valence-corrected chi connectivity index (χ2v) is 7.70. The molecule has 1 aromatic carbocycles. The van der Waals surface area contributed by atoms with Crippen molar-refractivity contribution in [1.82, 2.24) is 14.6 Å². The first kappa shape index (κ1) is 16.9. The van der Waals surface area contributed by atoms with Crippen molar-refractivity contribution in [2.45, 2.75) is 39.2 Å². The molecule has 128 valence electrons. The van der Waals surface area contributed by atoms with Crippen LogP contribution in [-0.4, -0.2) is 27.7 Å². The summed E-state index contributed by atoms with van der Waals surface area (Å²) in [5, 5.41) is 8.82. The van der Waals surface area contributed by atoms with Crippen LogP contribution < -0.4 is 5.32 Å². The van der Waals surface area contributed by atoms with Gasteiger partial charge in [-0.3, -0.25) is 0 Å². The fraction of sp³-hybridized carbons (Fsp3) is 0.444. The van der Waals surface area contributed by atoms with E-state index in [4.69, 9.17) is 4.74 Å². The molecule has 0 aliphatic rings. The largest absolute Gasteiger partial charge is 0.372 e. The molecule has 3 aromatic rings. The topological polar surface area (TPSA) is 51.5 Å². The van der Waals surface area contributed by atoms with Crippen molar-refractivity contribution in [3.8, 4) is 0 Å². The molecule has 1 N–H and O–H groups in total. The molecule has 1 atom stereocenters. The number of aromatic nitrogens is 3. The van der Waals surface area contributed by atoms with Crippen LogP contribution in [0.15, 0.2) is 36.5 Å². The molecule has 0 spiro atoms. The fourth-order valence-electron chi connectivity index (χ4n) is 2.45. The Morgan fingerprint density at radius 2 is 2.00 bits per heavy atom. The van der Waals surface area contributed by atoms with Crippen molar-refractivity contribution in [3.05, 3.63) is 47.8 Å². The van der Waals surface area contributed by atoms with Crippen LogP contribution in [-0.2, 0) is 10.2 Å². The first-order valence-electron chi connectivity index (χ1n) is 8.24. The molecule has 6 heteroatoms. The summed E-state index contributed by atoms with van der Waals surface area (Å²) in [5.74, 6) is 0. The minimum atomic E-state index is 0.0116. The molecule has 1 unspecified atom stereocenters. The van der Waals surface area contributed by atoms with Crippen molar-refractivity contribution in [3.63, 3.8) is 0 Å². The molecule has 0 fully saturated rings. The Bertz CT molecular complexity index is 757. The highest BCUT2D eigenvalue weighted by atomic mass is 32.1. The summed E-state index contributed by atoms with van der Waals surface area (Å²) in [5.41, 5.74) is 2.27. The number of anilines is 1. The lowest BCUT2D eigenvalue weighted by Gasteiger charge is -2.17. The number of fused-ring (bicyclic) bond motifs is 1. The lowest BCUT2D eigenvalue weighted by molar-refractivity contribution is 0.0719. The minimum absolute atomic E-state index is 0.0116. The van der Waals surface area contributed by atoms with Gasteiger partial charge in [-0.2, -0.15) is 0 Å². The van der Waals surface area contributed by atoms with Crippen molar-refractivity contribution in [2.24, 2.45) is 0 Å². The average molecular weight is 344 g/mol. The monoisotopic (exact) mass is 344 g/mol. The Morgan fingerprint density at radius 1 is 1.25 bits per heavy atom. The first-order chi connectivity index (χ1) is 11.5. The van der Waals surface area contributed by atoms with Gasteiger partial charge in [-0.1, -0.05) is 62.4 Å². The predicted octanol–water partition coefficient (Wildman–Crippen LogP) is 4.28. The Morgan fingerprint density at radius 3 is 2.62 bits per heavy atom. The standard InChI is InChI=1S/C18H24N4OS/c1-5-23-14(13-9-7-6-8-10-13)11-19-16-21-22-12-15(18(2,3)4)20-17(22)24-16/h6-10,12,14H,5,11H2,1-4H3,(H,19,21). The van der Waals surface area contributed by atoms with E-state index < -0.39 is 0 Å². The molecule has 0 saturated heterocycles. The molecule has 0 radical (unpaired) electrons. The highest BCUT2D eigenvalue weighted by molar-refractivity contribution is 7.20.